The van der Waals surface area contributed by atoms with Crippen molar-refractivity contribution in [2.75, 3.05) is 60.7 Å². The third-order valence-electron chi connectivity index (χ3n) is 4.04. The lowest BCUT2D eigenvalue weighted by Crippen LogP contribution is -2.40. The maximum Gasteiger partial charge on any atom is 0.191 e. The van der Waals surface area contributed by atoms with Crippen LogP contribution in [0.3, 0.4) is 0 Å². The van der Waals surface area contributed by atoms with E-state index in [4.69, 9.17) is 14.5 Å². The monoisotopic (exact) mass is 364 g/mol. The van der Waals surface area contributed by atoms with Gasteiger partial charge in [-0.25, -0.2) is 0 Å². The quantitative estimate of drug-likeness (QED) is 0.317. The Morgan fingerprint density at radius 1 is 1.12 bits per heavy atom. The van der Waals surface area contributed by atoms with Crippen molar-refractivity contribution in [2.24, 2.45) is 4.99 Å². The van der Waals surface area contributed by atoms with E-state index in [2.05, 4.69) is 66.9 Å². The molecule has 0 aliphatic carbocycles. The second-order valence-electron chi connectivity index (χ2n) is 6.41. The minimum Gasteiger partial charge on any atom is -0.382 e. The van der Waals surface area contributed by atoms with Gasteiger partial charge in [0, 0.05) is 32.8 Å². The summed E-state index contributed by atoms with van der Waals surface area (Å²) in [6.07, 6.45) is 1.93. The molecule has 1 aromatic carbocycles. The van der Waals surface area contributed by atoms with Gasteiger partial charge in [-0.3, -0.25) is 4.99 Å². The van der Waals surface area contributed by atoms with Gasteiger partial charge < -0.3 is 25.0 Å². The van der Waals surface area contributed by atoms with Crippen molar-refractivity contribution in [3.05, 3.63) is 35.9 Å². The minimum absolute atomic E-state index is 0.366. The summed E-state index contributed by atoms with van der Waals surface area (Å²) < 4.78 is 10.4. The third-order valence-corrected chi connectivity index (χ3v) is 4.04. The Labute approximate surface area is 159 Å². The zero-order valence-electron chi connectivity index (χ0n) is 16.8. The molecule has 0 fully saturated rings. The van der Waals surface area contributed by atoms with Crippen molar-refractivity contribution in [1.82, 2.24) is 15.5 Å². The summed E-state index contributed by atoms with van der Waals surface area (Å²) in [6, 6.07) is 10.9. The predicted octanol–water partition coefficient (Wildman–Crippen LogP) is 1.77. The van der Waals surface area contributed by atoms with E-state index in [0.29, 0.717) is 19.3 Å². The van der Waals surface area contributed by atoms with Crippen molar-refractivity contribution in [3.8, 4) is 0 Å². The molecule has 6 heteroatoms. The van der Waals surface area contributed by atoms with E-state index < -0.39 is 0 Å². The molecule has 1 aromatic rings. The highest BCUT2D eigenvalue weighted by molar-refractivity contribution is 5.79. The predicted molar refractivity (Wildman–Crippen MR) is 109 cm³/mol. The van der Waals surface area contributed by atoms with Gasteiger partial charge in [-0.15, -0.1) is 0 Å². The summed E-state index contributed by atoms with van der Waals surface area (Å²) in [5.41, 5.74) is 1.34. The molecule has 0 spiro atoms. The van der Waals surface area contributed by atoms with Crippen molar-refractivity contribution in [3.63, 3.8) is 0 Å². The first-order valence-corrected chi connectivity index (χ1v) is 9.46. The molecule has 2 N–H and O–H groups in total. The largest absolute Gasteiger partial charge is 0.382 e. The number of aliphatic imine (C=N–C) groups is 1. The average molecular weight is 365 g/mol. The molecule has 0 bridgehead atoms. The zero-order valence-corrected chi connectivity index (χ0v) is 16.8. The molecule has 0 amide bonds. The topological polar surface area (TPSA) is 58.1 Å². The molecule has 0 radical (unpaired) electrons. The lowest BCUT2D eigenvalue weighted by Gasteiger charge is -2.23. The Morgan fingerprint density at radius 3 is 2.54 bits per heavy atom. The van der Waals surface area contributed by atoms with Crippen LogP contribution in [-0.4, -0.2) is 77.6 Å². The Bertz CT molecular complexity index is 480. The molecule has 148 valence electrons. The molecule has 26 heavy (non-hydrogen) atoms. The van der Waals surface area contributed by atoms with Crippen molar-refractivity contribution in [1.29, 1.82) is 0 Å². The van der Waals surface area contributed by atoms with E-state index in [9.17, 15) is 0 Å². The summed E-state index contributed by atoms with van der Waals surface area (Å²) >= 11 is 0. The number of nitrogens with zero attached hydrogens (tertiary/aromatic N) is 2. The summed E-state index contributed by atoms with van der Waals surface area (Å²) in [7, 11) is 5.91. The van der Waals surface area contributed by atoms with Crippen LogP contribution < -0.4 is 10.6 Å². The van der Waals surface area contributed by atoms with E-state index in [1.54, 1.807) is 7.11 Å². The lowest BCUT2D eigenvalue weighted by atomic mass is 10.1. The number of hydrogen-bond donors (Lipinski definition) is 2. The molecule has 0 saturated carbocycles. The molecule has 1 unspecified atom stereocenters. The van der Waals surface area contributed by atoms with E-state index in [-0.39, 0.29) is 0 Å². The minimum atomic E-state index is 0.366. The number of ether oxygens (including phenoxy) is 2. The van der Waals surface area contributed by atoms with Crippen molar-refractivity contribution in [2.45, 2.75) is 25.8 Å². The van der Waals surface area contributed by atoms with E-state index in [1.807, 2.05) is 0 Å². The number of rotatable bonds is 13. The van der Waals surface area contributed by atoms with Gasteiger partial charge >= 0.3 is 0 Å². The average Bonchev–Trinajstić information content (AvgIpc) is 2.64. The van der Waals surface area contributed by atoms with Crippen LogP contribution in [0.15, 0.2) is 35.3 Å². The highest BCUT2D eigenvalue weighted by Crippen LogP contribution is 2.07. The van der Waals surface area contributed by atoms with Crippen LogP contribution in [0.1, 0.15) is 18.9 Å². The number of methoxy groups -OCH3 is 1. The lowest BCUT2D eigenvalue weighted by molar-refractivity contribution is 0.0698. The summed E-state index contributed by atoms with van der Waals surface area (Å²) in [6.45, 7) is 6.54. The smallest absolute Gasteiger partial charge is 0.191 e. The molecular formula is C20H36N4O2. The molecule has 6 nitrogen and oxygen atoms in total. The first-order valence-electron chi connectivity index (χ1n) is 9.46. The van der Waals surface area contributed by atoms with Gasteiger partial charge in [-0.05, 0) is 39.4 Å². The van der Waals surface area contributed by atoms with Crippen LogP contribution in [0.4, 0.5) is 0 Å². The fourth-order valence-corrected chi connectivity index (χ4v) is 2.46. The Balaban J connectivity index is 2.43. The van der Waals surface area contributed by atoms with Gasteiger partial charge in [0.05, 0.1) is 19.8 Å². The molecule has 0 aliphatic heterocycles. The zero-order chi connectivity index (χ0) is 19.0. The van der Waals surface area contributed by atoms with Gasteiger partial charge in [0.2, 0.25) is 0 Å². The van der Waals surface area contributed by atoms with Gasteiger partial charge in [0.1, 0.15) is 0 Å². The van der Waals surface area contributed by atoms with Gasteiger partial charge in [0.15, 0.2) is 5.96 Å². The highest BCUT2D eigenvalue weighted by atomic mass is 16.5. The van der Waals surface area contributed by atoms with Crippen molar-refractivity contribution < 1.29 is 9.47 Å². The number of likely N-dealkylation sites (N-methyl/N-ethyl adjacent to an activating group) is 1. The Hall–Kier alpha value is -1.63. The van der Waals surface area contributed by atoms with Gasteiger partial charge in [0.25, 0.3) is 0 Å². The number of benzene rings is 1. The van der Waals surface area contributed by atoms with Crippen LogP contribution >= 0.6 is 0 Å². The number of hydrogen-bond acceptors (Lipinski definition) is 4. The van der Waals surface area contributed by atoms with Crippen LogP contribution in [0.2, 0.25) is 0 Å². The van der Waals surface area contributed by atoms with Crippen LogP contribution in [0, 0.1) is 0 Å². The Kier molecular flexibility index (Phi) is 12.5. The first-order chi connectivity index (χ1) is 12.7. The van der Waals surface area contributed by atoms with Crippen LogP contribution in [-0.2, 0) is 15.9 Å². The van der Waals surface area contributed by atoms with E-state index >= 15 is 0 Å². The normalized spacial score (nSPS) is 13.0. The molecule has 0 saturated heterocycles. The summed E-state index contributed by atoms with van der Waals surface area (Å²) in [5.74, 6) is 0.865. The standard InChI is InChI=1S/C20H36N4O2/c1-5-21-20(22-12-9-13-26-15-14-25-4)23-17-19(24(2)3)16-18-10-7-6-8-11-18/h6-8,10-11,19H,5,9,12-17H2,1-4H3,(H2,21,22,23). The fourth-order valence-electron chi connectivity index (χ4n) is 2.46. The summed E-state index contributed by atoms with van der Waals surface area (Å²) in [5, 5.41) is 6.69. The van der Waals surface area contributed by atoms with Gasteiger partial charge in [-0.1, -0.05) is 30.3 Å². The molecular weight excluding hydrogens is 328 g/mol. The second-order valence-corrected chi connectivity index (χ2v) is 6.41. The maximum atomic E-state index is 5.48. The van der Waals surface area contributed by atoms with E-state index in [1.165, 1.54) is 5.56 Å². The van der Waals surface area contributed by atoms with Crippen LogP contribution in [0.5, 0.6) is 0 Å². The van der Waals surface area contributed by atoms with E-state index in [0.717, 1.165) is 45.0 Å². The molecule has 1 atom stereocenters. The molecule has 0 aliphatic rings. The van der Waals surface area contributed by atoms with Gasteiger partial charge in [-0.2, -0.15) is 0 Å². The highest BCUT2D eigenvalue weighted by Gasteiger charge is 2.12. The van der Waals surface area contributed by atoms with Crippen LogP contribution in [0.25, 0.3) is 0 Å². The number of nitrogens with one attached hydrogen (secondary N) is 2. The third kappa shape index (κ3) is 10.4. The molecule has 0 aromatic heterocycles. The fraction of sp³-hybridized carbons (Fsp3) is 0.650. The van der Waals surface area contributed by atoms with Crippen molar-refractivity contribution >= 4 is 5.96 Å². The first kappa shape index (κ1) is 22.4. The summed E-state index contributed by atoms with van der Waals surface area (Å²) in [4.78, 5) is 7.01. The SMILES string of the molecule is CCNC(=NCC(Cc1ccccc1)N(C)C)NCCCOCCOC. The second kappa shape index (κ2) is 14.5. The Morgan fingerprint density at radius 2 is 1.88 bits per heavy atom. The number of guanidine groups is 1. The maximum absolute atomic E-state index is 5.48. The molecule has 1 rings (SSSR count). The molecule has 0 heterocycles.